The van der Waals surface area contributed by atoms with Crippen LogP contribution in [0.2, 0.25) is 5.02 Å². The van der Waals surface area contributed by atoms with E-state index in [1.807, 2.05) is 0 Å². The van der Waals surface area contributed by atoms with E-state index in [-0.39, 0.29) is 0 Å². The maximum atomic E-state index is 5.74. The summed E-state index contributed by atoms with van der Waals surface area (Å²) in [6.45, 7) is 1.78. The van der Waals surface area contributed by atoms with Crippen LogP contribution in [0.25, 0.3) is 0 Å². The number of nitrogens with zero attached hydrogens (tertiary/aromatic N) is 1. The number of alkyl halides is 3. The minimum Gasteiger partial charge on any atom is -0.254 e. The van der Waals surface area contributed by atoms with Crippen LogP contribution < -0.4 is 0 Å². The molecule has 0 spiro atoms. The standard InChI is InChI=1S/C7H5Cl4N/c1-4-2-5(8)3-6(12-4)7(9,10)11/h2-3H,1H3. The number of hydrogen-bond acceptors (Lipinski definition) is 1. The largest absolute Gasteiger partial charge is 0.254 e. The van der Waals surface area contributed by atoms with Crippen LogP contribution in [-0.4, -0.2) is 4.98 Å². The Bertz CT molecular complexity index is 272. The molecule has 0 aromatic carbocycles. The first-order chi connectivity index (χ1) is 5.39. The Morgan fingerprint density at radius 2 is 1.83 bits per heavy atom. The summed E-state index contributed by atoms with van der Waals surface area (Å²) in [6.07, 6.45) is 0. The molecule has 1 aromatic heterocycles. The van der Waals surface area contributed by atoms with Gasteiger partial charge in [0, 0.05) is 10.7 Å². The fourth-order valence-electron chi connectivity index (χ4n) is 0.772. The van der Waals surface area contributed by atoms with Crippen LogP contribution in [0, 0.1) is 6.92 Å². The van der Waals surface area contributed by atoms with Gasteiger partial charge in [-0.3, -0.25) is 4.98 Å². The van der Waals surface area contributed by atoms with Gasteiger partial charge in [0.15, 0.2) is 0 Å². The molecular weight excluding hydrogens is 240 g/mol. The summed E-state index contributed by atoms with van der Waals surface area (Å²) in [4.78, 5) is 4.03. The molecule has 0 amide bonds. The average molecular weight is 245 g/mol. The first kappa shape index (κ1) is 10.4. The van der Waals surface area contributed by atoms with E-state index in [9.17, 15) is 0 Å². The molecule has 0 bridgehead atoms. The third-order valence-corrected chi connectivity index (χ3v) is 2.01. The molecule has 1 heterocycles. The number of rotatable bonds is 0. The lowest BCUT2D eigenvalue weighted by Gasteiger charge is -2.10. The van der Waals surface area contributed by atoms with Gasteiger partial charge in [-0.1, -0.05) is 46.4 Å². The zero-order valence-corrected chi connectivity index (χ0v) is 9.14. The number of aryl methyl sites for hydroxylation is 1. The van der Waals surface area contributed by atoms with E-state index in [4.69, 9.17) is 46.4 Å². The van der Waals surface area contributed by atoms with E-state index in [0.29, 0.717) is 10.7 Å². The lowest BCUT2D eigenvalue weighted by molar-refractivity contribution is 1.04. The molecule has 1 nitrogen and oxygen atoms in total. The molecule has 0 unspecified atom stereocenters. The van der Waals surface area contributed by atoms with E-state index in [1.54, 1.807) is 13.0 Å². The highest BCUT2D eigenvalue weighted by Crippen LogP contribution is 2.37. The number of hydrogen-bond donors (Lipinski definition) is 0. The molecule has 0 atom stereocenters. The van der Waals surface area contributed by atoms with E-state index in [2.05, 4.69) is 4.98 Å². The van der Waals surface area contributed by atoms with Crippen molar-refractivity contribution in [2.45, 2.75) is 10.7 Å². The van der Waals surface area contributed by atoms with Gasteiger partial charge >= 0.3 is 0 Å². The summed E-state index contributed by atoms with van der Waals surface area (Å²) in [6, 6.07) is 3.23. The van der Waals surface area contributed by atoms with Crippen LogP contribution in [0.4, 0.5) is 0 Å². The van der Waals surface area contributed by atoms with Crippen molar-refractivity contribution in [1.82, 2.24) is 4.98 Å². The normalized spacial score (nSPS) is 11.8. The Hall–Kier alpha value is 0.310. The maximum Gasteiger partial charge on any atom is 0.232 e. The Labute approximate surface area is 90.6 Å². The van der Waals surface area contributed by atoms with Crippen LogP contribution in [0.15, 0.2) is 12.1 Å². The summed E-state index contributed by atoms with van der Waals surface area (Å²) in [7, 11) is 0. The smallest absolute Gasteiger partial charge is 0.232 e. The van der Waals surface area contributed by atoms with E-state index < -0.39 is 3.79 Å². The zero-order chi connectivity index (χ0) is 9.35. The molecule has 5 heteroatoms. The number of pyridine rings is 1. The monoisotopic (exact) mass is 243 g/mol. The van der Waals surface area contributed by atoms with Crippen molar-refractivity contribution in [2.75, 3.05) is 0 Å². The molecule has 1 rings (SSSR count). The summed E-state index contributed by atoms with van der Waals surface area (Å²) >= 11 is 22.6. The third-order valence-electron chi connectivity index (χ3n) is 1.21. The van der Waals surface area contributed by atoms with E-state index in [0.717, 1.165) is 5.69 Å². The molecular formula is C7H5Cl4N. The first-order valence-electron chi connectivity index (χ1n) is 3.11. The summed E-state index contributed by atoms with van der Waals surface area (Å²) in [5.41, 5.74) is 1.07. The van der Waals surface area contributed by atoms with Crippen molar-refractivity contribution in [1.29, 1.82) is 0 Å². The van der Waals surface area contributed by atoms with Gasteiger partial charge in [-0.2, -0.15) is 0 Å². The van der Waals surface area contributed by atoms with Gasteiger partial charge < -0.3 is 0 Å². The molecule has 12 heavy (non-hydrogen) atoms. The molecule has 0 aliphatic carbocycles. The van der Waals surface area contributed by atoms with Crippen LogP contribution in [-0.2, 0) is 3.79 Å². The summed E-state index contributed by atoms with van der Waals surface area (Å²) in [5, 5.41) is 0.517. The fraction of sp³-hybridized carbons (Fsp3) is 0.286. The summed E-state index contributed by atoms with van der Waals surface area (Å²) < 4.78 is -1.50. The fourth-order valence-corrected chi connectivity index (χ4v) is 1.32. The molecule has 0 saturated carbocycles. The Morgan fingerprint density at radius 3 is 2.25 bits per heavy atom. The second kappa shape index (κ2) is 3.59. The lowest BCUT2D eigenvalue weighted by Crippen LogP contribution is -2.04. The first-order valence-corrected chi connectivity index (χ1v) is 4.62. The predicted octanol–water partition coefficient (Wildman–Crippen LogP) is 3.87. The van der Waals surface area contributed by atoms with Crippen molar-refractivity contribution in [2.24, 2.45) is 0 Å². The number of halogens is 4. The average Bonchev–Trinajstić information content (AvgIpc) is 1.82. The summed E-state index contributed by atoms with van der Waals surface area (Å²) in [5.74, 6) is 0. The number of aromatic nitrogens is 1. The van der Waals surface area contributed by atoms with Crippen LogP contribution in [0.3, 0.4) is 0 Å². The van der Waals surface area contributed by atoms with Crippen molar-refractivity contribution in [3.05, 3.63) is 28.5 Å². The lowest BCUT2D eigenvalue weighted by atomic mass is 10.3. The molecule has 0 aliphatic heterocycles. The van der Waals surface area contributed by atoms with Crippen molar-refractivity contribution >= 4 is 46.4 Å². The van der Waals surface area contributed by atoms with Crippen LogP contribution >= 0.6 is 46.4 Å². The zero-order valence-electron chi connectivity index (χ0n) is 6.11. The van der Waals surface area contributed by atoms with Crippen molar-refractivity contribution < 1.29 is 0 Å². The SMILES string of the molecule is Cc1cc(Cl)cc(C(Cl)(Cl)Cl)n1. The highest BCUT2D eigenvalue weighted by molar-refractivity contribution is 6.66. The quantitative estimate of drug-likeness (QED) is 0.632. The maximum absolute atomic E-state index is 5.74. The van der Waals surface area contributed by atoms with Gasteiger partial charge in [-0.05, 0) is 19.1 Å². The van der Waals surface area contributed by atoms with Crippen molar-refractivity contribution in [3.8, 4) is 0 Å². The van der Waals surface area contributed by atoms with Gasteiger partial charge in [0.25, 0.3) is 0 Å². The molecule has 0 N–H and O–H groups in total. The minimum atomic E-state index is -1.50. The molecule has 0 aliphatic rings. The van der Waals surface area contributed by atoms with E-state index >= 15 is 0 Å². The van der Waals surface area contributed by atoms with Gasteiger partial charge in [0.1, 0.15) is 0 Å². The molecule has 0 radical (unpaired) electrons. The van der Waals surface area contributed by atoms with Crippen molar-refractivity contribution in [3.63, 3.8) is 0 Å². The second-order valence-corrected chi connectivity index (χ2v) is 5.03. The molecule has 1 aromatic rings. The minimum absolute atomic E-state index is 0.345. The predicted molar refractivity (Wildman–Crippen MR) is 53.2 cm³/mol. The molecule has 0 fully saturated rings. The highest BCUT2D eigenvalue weighted by atomic mass is 35.6. The molecule has 66 valence electrons. The molecule has 0 saturated heterocycles. The second-order valence-electron chi connectivity index (χ2n) is 2.31. The van der Waals surface area contributed by atoms with Gasteiger partial charge in [0.2, 0.25) is 3.79 Å². The topological polar surface area (TPSA) is 12.9 Å². The Balaban J connectivity index is 3.18. The van der Waals surface area contributed by atoms with Gasteiger partial charge in [0.05, 0.1) is 5.69 Å². The van der Waals surface area contributed by atoms with Crippen LogP contribution in [0.1, 0.15) is 11.4 Å². The Morgan fingerprint density at radius 1 is 1.25 bits per heavy atom. The third kappa shape index (κ3) is 2.67. The van der Waals surface area contributed by atoms with Gasteiger partial charge in [-0.15, -0.1) is 0 Å². The van der Waals surface area contributed by atoms with E-state index in [1.165, 1.54) is 6.07 Å². The Kier molecular flexibility index (Phi) is 3.11. The highest BCUT2D eigenvalue weighted by Gasteiger charge is 2.24. The van der Waals surface area contributed by atoms with Crippen LogP contribution in [0.5, 0.6) is 0 Å². The van der Waals surface area contributed by atoms with Gasteiger partial charge in [-0.25, -0.2) is 0 Å².